The van der Waals surface area contributed by atoms with Gasteiger partial charge in [0.15, 0.2) is 0 Å². The Hall–Kier alpha value is -2.62. The molecule has 0 aliphatic carbocycles. The molecule has 25 heavy (non-hydrogen) atoms. The maximum Gasteiger partial charge on any atom is 0.208 e. The van der Waals surface area contributed by atoms with Gasteiger partial charge in [0.1, 0.15) is 0 Å². The van der Waals surface area contributed by atoms with Crippen molar-refractivity contribution in [2.75, 3.05) is 50.1 Å². The van der Waals surface area contributed by atoms with Crippen molar-refractivity contribution >= 4 is 11.4 Å². The zero-order valence-electron chi connectivity index (χ0n) is 15.0. The minimum Gasteiger partial charge on any atom is -0.373 e. The predicted molar refractivity (Wildman–Crippen MR) is 105 cm³/mol. The van der Waals surface area contributed by atoms with E-state index in [-0.39, 0.29) is 0 Å². The Labute approximate surface area is 151 Å². The third kappa shape index (κ3) is 4.92. The summed E-state index contributed by atoms with van der Waals surface area (Å²) < 4.78 is 0. The number of rotatable bonds is 8. The third-order valence-corrected chi connectivity index (χ3v) is 4.43. The smallest absolute Gasteiger partial charge is 0.208 e. The van der Waals surface area contributed by atoms with Crippen molar-refractivity contribution in [3.63, 3.8) is 0 Å². The lowest BCUT2D eigenvalue weighted by atomic mass is 10.3. The second kappa shape index (κ2) is 8.47. The Morgan fingerprint density at radius 2 is 1.08 bits per heavy atom. The van der Waals surface area contributed by atoms with E-state index in [0.717, 1.165) is 26.2 Å². The van der Waals surface area contributed by atoms with Crippen molar-refractivity contribution in [3.05, 3.63) is 79.7 Å². The van der Waals surface area contributed by atoms with Gasteiger partial charge in [0.05, 0.1) is 0 Å². The molecule has 3 rings (SSSR count). The highest BCUT2D eigenvalue weighted by atomic mass is 15.4. The van der Waals surface area contributed by atoms with Crippen molar-refractivity contribution in [2.24, 2.45) is 0 Å². The first kappa shape index (κ1) is 17.2. The molecule has 4 heteroatoms. The maximum atomic E-state index is 3.41. The van der Waals surface area contributed by atoms with E-state index in [9.17, 15) is 0 Å². The van der Waals surface area contributed by atoms with Crippen molar-refractivity contribution in [2.45, 2.75) is 0 Å². The SMILES string of the molecule is CN(CCN1[C]N(CCN(C)c2ccccc2)C=C1)c1ccccc1. The van der Waals surface area contributed by atoms with Gasteiger partial charge in [-0.2, -0.15) is 0 Å². The molecule has 4 nitrogen and oxygen atoms in total. The zero-order chi connectivity index (χ0) is 17.5. The fourth-order valence-electron chi connectivity index (χ4n) is 2.78. The van der Waals surface area contributed by atoms with Crippen LogP contribution in [0.25, 0.3) is 0 Å². The minimum absolute atomic E-state index is 0.924. The van der Waals surface area contributed by atoms with Gasteiger partial charge in [0, 0.05) is 64.0 Å². The first-order valence-electron chi connectivity index (χ1n) is 8.72. The summed E-state index contributed by atoms with van der Waals surface area (Å²) in [4.78, 5) is 8.78. The van der Waals surface area contributed by atoms with Crippen LogP contribution in [-0.4, -0.2) is 50.1 Å². The molecule has 0 spiro atoms. The molecule has 0 saturated heterocycles. The normalized spacial score (nSPS) is 13.4. The Morgan fingerprint density at radius 3 is 1.48 bits per heavy atom. The van der Waals surface area contributed by atoms with Gasteiger partial charge in [0.2, 0.25) is 6.67 Å². The molecule has 1 aliphatic heterocycles. The summed E-state index contributed by atoms with van der Waals surface area (Å²) >= 11 is 0. The number of hydrogen-bond donors (Lipinski definition) is 0. The average molecular weight is 334 g/mol. The van der Waals surface area contributed by atoms with Crippen LogP contribution in [-0.2, 0) is 0 Å². The number of nitrogens with zero attached hydrogens (tertiary/aromatic N) is 4. The molecular formula is C21H26N4. The standard InChI is InChI=1S/C21H26N4/c1-22(20-9-5-3-6-10-20)13-15-24-17-18-25(19-24)16-14-23(2)21-11-7-4-8-12-21/h3-12,17-18H,13-16H2,1-2H3. The largest absolute Gasteiger partial charge is 0.373 e. The Morgan fingerprint density at radius 1 is 0.680 bits per heavy atom. The van der Waals surface area contributed by atoms with E-state index in [1.165, 1.54) is 11.4 Å². The van der Waals surface area contributed by atoms with E-state index in [4.69, 9.17) is 0 Å². The van der Waals surface area contributed by atoms with E-state index < -0.39 is 0 Å². The molecule has 1 heterocycles. The highest BCUT2D eigenvalue weighted by Crippen LogP contribution is 2.15. The quantitative estimate of drug-likeness (QED) is 0.734. The van der Waals surface area contributed by atoms with Crippen LogP contribution in [0.2, 0.25) is 0 Å². The summed E-state index contributed by atoms with van der Waals surface area (Å²) in [6.45, 7) is 7.17. The molecule has 0 amide bonds. The summed E-state index contributed by atoms with van der Waals surface area (Å²) in [5.41, 5.74) is 2.49. The lowest BCUT2D eigenvalue weighted by Crippen LogP contribution is -2.32. The second-order valence-electron chi connectivity index (χ2n) is 6.30. The number of likely N-dealkylation sites (N-methyl/N-ethyl adjacent to an activating group) is 2. The molecule has 0 fully saturated rings. The van der Waals surface area contributed by atoms with Crippen LogP contribution in [0.3, 0.4) is 0 Å². The molecule has 2 aromatic rings. The lowest BCUT2D eigenvalue weighted by molar-refractivity contribution is 0.351. The third-order valence-electron chi connectivity index (χ3n) is 4.43. The summed E-state index contributed by atoms with van der Waals surface area (Å²) in [6.07, 6.45) is 4.20. The predicted octanol–water partition coefficient (Wildman–Crippen LogP) is 3.34. The molecule has 0 N–H and O–H groups in total. The first-order valence-corrected chi connectivity index (χ1v) is 8.72. The Balaban J connectivity index is 1.38. The molecule has 0 saturated carbocycles. The van der Waals surface area contributed by atoms with Gasteiger partial charge in [0.25, 0.3) is 0 Å². The van der Waals surface area contributed by atoms with Gasteiger partial charge >= 0.3 is 0 Å². The fraction of sp³-hybridized carbons (Fsp3) is 0.286. The van der Waals surface area contributed by atoms with Crippen molar-refractivity contribution in [1.29, 1.82) is 0 Å². The molecular weight excluding hydrogens is 308 g/mol. The van der Waals surface area contributed by atoms with Crippen molar-refractivity contribution in [1.82, 2.24) is 9.80 Å². The molecule has 2 radical (unpaired) electrons. The molecule has 0 bridgehead atoms. The molecule has 0 unspecified atom stereocenters. The summed E-state index contributed by atoms with van der Waals surface area (Å²) in [5, 5.41) is 0. The topological polar surface area (TPSA) is 13.0 Å². The highest BCUT2D eigenvalue weighted by Gasteiger charge is 2.15. The van der Waals surface area contributed by atoms with Gasteiger partial charge in [-0.1, -0.05) is 36.4 Å². The van der Waals surface area contributed by atoms with E-state index >= 15 is 0 Å². The molecule has 2 aromatic carbocycles. The van der Waals surface area contributed by atoms with Crippen molar-refractivity contribution in [3.8, 4) is 0 Å². The minimum atomic E-state index is 0.924. The molecule has 0 aromatic heterocycles. The number of anilines is 2. The fourth-order valence-corrected chi connectivity index (χ4v) is 2.78. The Kier molecular flexibility index (Phi) is 5.83. The van der Waals surface area contributed by atoms with E-state index in [1.807, 2.05) is 12.1 Å². The summed E-state index contributed by atoms with van der Waals surface area (Å²) in [6, 6.07) is 20.9. The van der Waals surface area contributed by atoms with Crippen LogP contribution < -0.4 is 9.80 Å². The number of para-hydroxylation sites is 2. The molecule has 0 atom stereocenters. The Bertz CT molecular complexity index is 599. The van der Waals surface area contributed by atoms with Crippen LogP contribution in [0.4, 0.5) is 11.4 Å². The van der Waals surface area contributed by atoms with Gasteiger partial charge in [-0.25, -0.2) is 0 Å². The van der Waals surface area contributed by atoms with Crippen LogP contribution in [0.5, 0.6) is 0 Å². The van der Waals surface area contributed by atoms with Crippen LogP contribution >= 0.6 is 0 Å². The molecule has 130 valence electrons. The maximum absolute atomic E-state index is 3.41. The summed E-state index contributed by atoms with van der Waals surface area (Å²) in [5.74, 6) is 0. The molecule has 1 aliphatic rings. The van der Waals surface area contributed by atoms with Crippen LogP contribution in [0, 0.1) is 6.67 Å². The highest BCUT2D eigenvalue weighted by molar-refractivity contribution is 5.45. The number of hydrogen-bond acceptors (Lipinski definition) is 4. The first-order chi connectivity index (χ1) is 12.2. The van der Waals surface area contributed by atoms with Gasteiger partial charge < -0.3 is 19.6 Å². The van der Waals surface area contributed by atoms with E-state index in [1.54, 1.807) is 0 Å². The average Bonchev–Trinajstić information content (AvgIpc) is 3.13. The number of benzene rings is 2. The van der Waals surface area contributed by atoms with E-state index in [2.05, 4.69) is 101 Å². The lowest BCUT2D eigenvalue weighted by Gasteiger charge is -2.25. The van der Waals surface area contributed by atoms with Crippen LogP contribution in [0.1, 0.15) is 0 Å². The monoisotopic (exact) mass is 334 g/mol. The van der Waals surface area contributed by atoms with Gasteiger partial charge in [-0.3, -0.25) is 0 Å². The second-order valence-corrected chi connectivity index (χ2v) is 6.30. The zero-order valence-corrected chi connectivity index (χ0v) is 15.0. The van der Waals surface area contributed by atoms with Gasteiger partial charge in [-0.15, -0.1) is 0 Å². The van der Waals surface area contributed by atoms with Gasteiger partial charge in [-0.05, 0) is 24.3 Å². The summed E-state index contributed by atoms with van der Waals surface area (Å²) in [7, 11) is 4.25. The van der Waals surface area contributed by atoms with Crippen LogP contribution in [0.15, 0.2) is 73.1 Å². The van der Waals surface area contributed by atoms with E-state index in [0.29, 0.717) is 0 Å². The van der Waals surface area contributed by atoms with Crippen molar-refractivity contribution < 1.29 is 0 Å².